The van der Waals surface area contributed by atoms with Gasteiger partial charge in [0.1, 0.15) is 4.88 Å². The minimum absolute atomic E-state index is 0.0185. The zero-order valence-corrected chi connectivity index (χ0v) is 11.2. The van der Waals surface area contributed by atoms with Gasteiger partial charge in [0, 0.05) is 6.04 Å². The number of carbonyl (C=O) groups is 1. The summed E-state index contributed by atoms with van der Waals surface area (Å²) in [6, 6.07) is 1.60. The highest BCUT2D eigenvalue weighted by Gasteiger charge is 2.14. The van der Waals surface area contributed by atoms with Crippen LogP contribution in [0.1, 0.15) is 16.6 Å². The Hall–Kier alpha value is -1.18. The van der Waals surface area contributed by atoms with Gasteiger partial charge in [0.05, 0.1) is 19.4 Å². The van der Waals surface area contributed by atoms with Crippen LogP contribution in [0, 0.1) is 0 Å². The lowest BCUT2D eigenvalue weighted by Crippen LogP contribution is -2.38. The molecule has 1 unspecified atom stereocenters. The number of thiophene rings is 1. The first-order chi connectivity index (χ1) is 8.08. The van der Waals surface area contributed by atoms with Gasteiger partial charge in [-0.1, -0.05) is 0 Å². The molecule has 1 atom stereocenters. The highest BCUT2D eigenvalue weighted by Crippen LogP contribution is 2.22. The second-order valence-electron chi connectivity index (χ2n) is 3.34. The molecule has 0 aliphatic rings. The molecule has 0 aliphatic carbocycles. The molecule has 94 valence electrons. The van der Waals surface area contributed by atoms with Gasteiger partial charge in [-0.3, -0.25) is 0 Å². The van der Waals surface area contributed by atoms with Crippen LogP contribution in [0.2, 0.25) is 0 Å². The molecule has 0 spiro atoms. The van der Waals surface area contributed by atoms with E-state index in [0.717, 1.165) is 0 Å². The van der Waals surface area contributed by atoms with Crippen LogP contribution in [0.5, 0.6) is 0 Å². The average molecular weight is 274 g/mol. The second kappa shape index (κ2) is 6.53. The summed E-state index contributed by atoms with van der Waals surface area (Å²) in [5.74, 6) is -0.402. The Morgan fingerprint density at radius 1 is 1.71 bits per heavy atom. The topological polar surface area (TPSA) is 70.6 Å². The van der Waals surface area contributed by atoms with E-state index in [9.17, 15) is 4.79 Å². The lowest BCUT2D eigenvalue weighted by atomic mass is 10.3. The van der Waals surface area contributed by atoms with Crippen molar-refractivity contribution < 1.29 is 14.6 Å². The van der Waals surface area contributed by atoms with Gasteiger partial charge < -0.3 is 20.5 Å². The first-order valence-corrected chi connectivity index (χ1v) is 6.21. The predicted molar refractivity (Wildman–Crippen MR) is 71.6 cm³/mol. The van der Waals surface area contributed by atoms with Crippen molar-refractivity contribution >= 4 is 40.3 Å². The van der Waals surface area contributed by atoms with Crippen molar-refractivity contribution in [1.29, 1.82) is 0 Å². The molecule has 1 aromatic heterocycles. The number of aliphatic hydroxyl groups is 1. The van der Waals surface area contributed by atoms with Gasteiger partial charge in [-0.25, -0.2) is 4.79 Å². The third-order valence-corrected chi connectivity index (χ3v) is 3.05. The minimum atomic E-state index is -0.402. The van der Waals surface area contributed by atoms with Gasteiger partial charge in [-0.15, -0.1) is 11.3 Å². The maximum Gasteiger partial charge on any atom is 0.350 e. The number of aliphatic hydroxyl groups excluding tert-OH is 1. The molecule has 0 aliphatic heterocycles. The average Bonchev–Trinajstić information content (AvgIpc) is 2.75. The van der Waals surface area contributed by atoms with Crippen molar-refractivity contribution in [3.63, 3.8) is 0 Å². The fraction of sp³-hybridized carbons (Fsp3) is 0.400. The van der Waals surface area contributed by atoms with Crippen molar-refractivity contribution in [2.24, 2.45) is 0 Å². The number of anilines is 1. The summed E-state index contributed by atoms with van der Waals surface area (Å²) in [5, 5.41) is 16.8. The smallest absolute Gasteiger partial charge is 0.350 e. The number of thiocarbonyl (C=S) groups is 1. The molecule has 1 rings (SSSR count). The van der Waals surface area contributed by atoms with Crippen LogP contribution >= 0.6 is 23.6 Å². The molecule has 0 aromatic carbocycles. The number of hydrogen-bond donors (Lipinski definition) is 3. The summed E-state index contributed by atoms with van der Waals surface area (Å²) in [7, 11) is 1.33. The molecule has 0 saturated heterocycles. The summed E-state index contributed by atoms with van der Waals surface area (Å²) >= 11 is 6.32. The van der Waals surface area contributed by atoms with Crippen molar-refractivity contribution in [3.05, 3.63) is 16.3 Å². The molecule has 3 N–H and O–H groups in total. The van der Waals surface area contributed by atoms with E-state index in [1.54, 1.807) is 18.4 Å². The SMILES string of the molecule is COC(=O)c1sccc1NC(=S)NC(C)CO. The molecule has 5 nitrogen and oxygen atoms in total. The number of hydrogen-bond acceptors (Lipinski definition) is 5. The molecule has 17 heavy (non-hydrogen) atoms. The molecule has 1 heterocycles. The van der Waals surface area contributed by atoms with Crippen LogP contribution in [-0.2, 0) is 4.74 Å². The zero-order chi connectivity index (χ0) is 12.8. The number of methoxy groups -OCH3 is 1. The summed E-state index contributed by atoms with van der Waals surface area (Å²) < 4.78 is 4.65. The minimum Gasteiger partial charge on any atom is -0.465 e. The Bertz CT molecular complexity index is 406. The molecule has 0 amide bonds. The molecule has 7 heteroatoms. The van der Waals surface area contributed by atoms with E-state index in [-0.39, 0.29) is 12.6 Å². The Morgan fingerprint density at radius 2 is 2.41 bits per heavy atom. The zero-order valence-electron chi connectivity index (χ0n) is 9.52. The van der Waals surface area contributed by atoms with Crippen LogP contribution in [0.15, 0.2) is 11.4 Å². The van der Waals surface area contributed by atoms with Crippen molar-refractivity contribution in [1.82, 2.24) is 5.32 Å². The summed E-state index contributed by atoms with van der Waals surface area (Å²) in [6.45, 7) is 1.78. The van der Waals surface area contributed by atoms with E-state index < -0.39 is 5.97 Å². The van der Waals surface area contributed by atoms with Gasteiger partial charge in [0.15, 0.2) is 5.11 Å². The maximum atomic E-state index is 11.4. The number of nitrogens with one attached hydrogen (secondary N) is 2. The van der Waals surface area contributed by atoms with Gasteiger partial charge in [0.25, 0.3) is 0 Å². The summed E-state index contributed by atoms with van der Waals surface area (Å²) in [6.07, 6.45) is 0. The summed E-state index contributed by atoms with van der Waals surface area (Å²) in [4.78, 5) is 11.9. The highest BCUT2D eigenvalue weighted by atomic mass is 32.1. The van der Waals surface area contributed by atoms with Crippen molar-refractivity contribution in [3.8, 4) is 0 Å². The Kier molecular flexibility index (Phi) is 5.33. The van der Waals surface area contributed by atoms with Crippen LogP contribution in [-0.4, -0.2) is 35.9 Å². The normalized spacial score (nSPS) is 11.7. The number of esters is 1. The lowest BCUT2D eigenvalue weighted by Gasteiger charge is -2.14. The van der Waals surface area contributed by atoms with Gasteiger partial charge in [-0.2, -0.15) is 0 Å². The van der Waals surface area contributed by atoms with E-state index in [1.807, 2.05) is 0 Å². The molecule has 0 radical (unpaired) electrons. The number of carbonyl (C=O) groups excluding carboxylic acids is 1. The van der Waals surface area contributed by atoms with Gasteiger partial charge in [-0.05, 0) is 30.6 Å². The van der Waals surface area contributed by atoms with Crippen LogP contribution in [0.4, 0.5) is 5.69 Å². The summed E-state index contributed by atoms with van der Waals surface area (Å²) in [5.41, 5.74) is 0.601. The van der Waals surface area contributed by atoms with E-state index >= 15 is 0 Å². The predicted octanol–water partition coefficient (Wildman–Crippen LogP) is 1.20. The van der Waals surface area contributed by atoms with E-state index in [2.05, 4.69) is 15.4 Å². The fourth-order valence-corrected chi connectivity index (χ4v) is 2.16. The van der Waals surface area contributed by atoms with E-state index in [0.29, 0.717) is 15.7 Å². The molecular weight excluding hydrogens is 260 g/mol. The third kappa shape index (κ3) is 3.95. The van der Waals surface area contributed by atoms with Crippen LogP contribution < -0.4 is 10.6 Å². The van der Waals surface area contributed by atoms with Crippen LogP contribution in [0.3, 0.4) is 0 Å². The molecule has 0 fully saturated rings. The monoisotopic (exact) mass is 274 g/mol. The molecule has 0 saturated carbocycles. The Balaban J connectivity index is 2.66. The quantitative estimate of drug-likeness (QED) is 0.566. The highest BCUT2D eigenvalue weighted by molar-refractivity contribution is 7.80. The molecular formula is C10H14N2O3S2. The number of ether oxygens (including phenoxy) is 1. The molecule has 1 aromatic rings. The van der Waals surface area contributed by atoms with Gasteiger partial charge >= 0.3 is 5.97 Å². The number of rotatable bonds is 4. The van der Waals surface area contributed by atoms with Crippen LogP contribution in [0.25, 0.3) is 0 Å². The molecule has 0 bridgehead atoms. The van der Waals surface area contributed by atoms with E-state index in [4.69, 9.17) is 17.3 Å². The largest absolute Gasteiger partial charge is 0.465 e. The standard InChI is InChI=1S/C10H14N2O3S2/c1-6(5-13)11-10(16)12-7-3-4-17-8(7)9(14)15-2/h3-4,6,13H,5H2,1-2H3,(H2,11,12,16). The first-order valence-electron chi connectivity index (χ1n) is 4.92. The van der Waals surface area contributed by atoms with Gasteiger partial charge in [0.2, 0.25) is 0 Å². The lowest BCUT2D eigenvalue weighted by molar-refractivity contribution is 0.0607. The first kappa shape index (κ1) is 13.9. The second-order valence-corrected chi connectivity index (χ2v) is 4.66. The fourth-order valence-electron chi connectivity index (χ4n) is 1.09. The van der Waals surface area contributed by atoms with Crippen molar-refractivity contribution in [2.75, 3.05) is 19.0 Å². The Morgan fingerprint density at radius 3 is 3.00 bits per heavy atom. The maximum absolute atomic E-state index is 11.4. The Labute approximate surface area is 109 Å². The van der Waals surface area contributed by atoms with Crippen molar-refractivity contribution in [2.45, 2.75) is 13.0 Å². The third-order valence-electron chi connectivity index (χ3n) is 1.94. The van der Waals surface area contributed by atoms with E-state index in [1.165, 1.54) is 18.4 Å².